The van der Waals surface area contributed by atoms with Crippen molar-refractivity contribution in [1.29, 1.82) is 0 Å². The van der Waals surface area contributed by atoms with Crippen molar-refractivity contribution in [3.05, 3.63) is 29.8 Å². The summed E-state index contributed by atoms with van der Waals surface area (Å²) in [7, 11) is 3.92. The van der Waals surface area contributed by atoms with Crippen LogP contribution in [0, 0.1) is 0 Å². The molecule has 0 aliphatic carbocycles. The molecule has 1 rings (SSSR count). The second-order valence-corrected chi connectivity index (χ2v) is 5.04. The third kappa shape index (κ3) is 3.70. The summed E-state index contributed by atoms with van der Waals surface area (Å²) in [6, 6.07) is 7.43. The molecule has 0 radical (unpaired) electrons. The third-order valence-electron chi connectivity index (χ3n) is 3.68. The summed E-state index contributed by atoms with van der Waals surface area (Å²) in [5.74, 6) is -0.136. The molecule has 0 fully saturated rings. The SMILES string of the molecule is CCC(CC)(CO)NC(=O)c1ccc(N(C)C)cc1. The second-order valence-electron chi connectivity index (χ2n) is 5.04. The Labute approximate surface area is 115 Å². The van der Waals surface area contributed by atoms with Crippen molar-refractivity contribution in [2.75, 3.05) is 25.6 Å². The molecule has 0 unspecified atom stereocenters. The Kier molecular flexibility index (Phi) is 5.36. The number of nitrogens with one attached hydrogen (secondary N) is 1. The first-order valence-corrected chi connectivity index (χ1v) is 6.68. The lowest BCUT2D eigenvalue weighted by Crippen LogP contribution is -2.50. The number of anilines is 1. The number of hydrogen-bond acceptors (Lipinski definition) is 3. The van der Waals surface area contributed by atoms with E-state index in [1.165, 1.54) is 0 Å². The molecular formula is C15H24N2O2. The molecule has 0 saturated carbocycles. The van der Waals surface area contributed by atoms with Gasteiger partial charge in [-0.05, 0) is 37.1 Å². The number of hydrogen-bond donors (Lipinski definition) is 2. The standard InChI is InChI=1S/C15H24N2O2/c1-5-15(6-2,11-18)16-14(19)12-7-9-13(10-8-12)17(3)4/h7-10,18H,5-6,11H2,1-4H3,(H,16,19). The smallest absolute Gasteiger partial charge is 0.251 e. The first-order valence-electron chi connectivity index (χ1n) is 6.68. The molecule has 0 aromatic heterocycles. The highest BCUT2D eigenvalue weighted by molar-refractivity contribution is 5.95. The van der Waals surface area contributed by atoms with Gasteiger partial charge in [-0.3, -0.25) is 4.79 Å². The minimum absolute atomic E-state index is 0.0402. The van der Waals surface area contributed by atoms with E-state index in [2.05, 4.69) is 5.32 Å². The maximum Gasteiger partial charge on any atom is 0.251 e. The highest BCUT2D eigenvalue weighted by atomic mass is 16.3. The number of benzene rings is 1. The summed E-state index contributed by atoms with van der Waals surface area (Å²) in [5.41, 5.74) is 1.15. The van der Waals surface area contributed by atoms with E-state index in [4.69, 9.17) is 0 Å². The molecule has 0 aliphatic rings. The normalized spacial score (nSPS) is 11.2. The molecule has 0 spiro atoms. The van der Waals surface area contributed by atoms with Gasteiger partial charge in [-0.25, -0.2) is 0 Å². The summed E-state index contributed by atoms with van der Waals surface area (Å²) in [4.78, 5) is 14.2. The zero-order chi connectivity index (χ0) is 14.5. The number of carbonyl (C=O) groups is 1. The maximum absolute atomic E-state index is 12.2. The van der Waals surface area contributed by atoms with Gasteiger partial charge in [0.1, 0.15) is 0 Å². The molecule has 4 heteroatoms. The minimum Gasteiger partial charge on any atom is -0.394 e. The van der Waals surface area contributed by atoms with Crippen LogP contribution in [0.25, 0.3) is 0 Å². The molecule has 106 valence electrons. The predicted molar refractivity (Wildman–Crippen MR) is 78.6 cm³/mol. The summed E-state index contributed by atoms with van der Waals surface area (Å²) in [5, 5.41) is 12.4. The Morgan fingerprint density at radius 1 is 1.21 bits per heavy atom. The number of rotatable bonds is 6. The number of amides is 1. The molecule has 1 aromatic carbocycles. The summed E-state index contributed by atoms with van der Waals surface area (Å²) in [6.45, 7) is 3.89. The van der Waals surface area contributed by atoms with Crippen LogP contribution >= 0.6 is 0 Å². The van der Waals surface area contributed by atoms with Gasteiger partial charge >= 0.3 is 0 Å². The Hall–Kier alpha value is -1.55. The lowest BCUT2D eigenvalue weighted by atomic mass is 9.93. The van der Waals surface area contributed by atoms with Crippen molar-refractivity contribution in [1.82, 2.24) is 5.32 Å². The molecule has 0 heterocycles. The average molecular weight is 264 g/mol. The monoisotopic (exact) mass is 264 g/mol. The van der Waals surface area contributed by atoms with E-state index >= 15 is 0 Å². The molecule has 0 saturated heterocycles. The van der Waals surface area contributed by atoms with Crippen LogP contribution in [-0.4, -0.2) is 37.3 Å². The van der Waals surface area contributed by atoms with Crippen molar-refractivity contribution in [3.8, 4) is 0 Å². The van der Waals surface area contributed by atoms with Crippen LogP contribution in [0.5, 0.6) is 0 Å². The summed E-state index contributed by atoms with van der Waals surface area (Å²) in [6.07, 6.45) is 1.42. The van der Waals surface area contributed by atoms with E-state index in [-0.39, 0.29) is 12.5 Å². The van der Waals surface area contributed by atoms with E-state index in [9.17, 15) is 9.90 Å². The van der Waals surface area contributed by atoms with Gasteiger partial charge in [-0.1, -0.05) is 13.8 Å². The lowest BCUT2D eigenvalue weighted by molar-refractivity contribution is 0.0818. The average Bonchev–Trinajstić information content (AvgIpc) is 2.45. The molecule has 1 aromatic rings. The molecule has 0 bridgehead atoms. The van der Waals surface area contributed by atoms with Crippen molar-refractivity contribution in [3.63, 3.8) is 0 Å². The molecule has 0 atom stereocenters. The molecule has 2 N–H and O–H groups in total. The quantitative estimate of drug-likeness (QED) is 0.826. The maximum atomic E-state index is 12.2. The fraction of sp³-hybridized carbons (Fsp3) is 0.533. The Balaban J connectivity index is 2.83. The largest absolute Gasteiger partial charge is 0.394 e. The first kappa shape index (κ1) is 15.5. The number of aliphatic hydroxyl groups is 1. The zero-order valence-corrected chi connectivity index (χ0v) is 12.2. The highest BCUT2D eigenvalue weighted by Gasteiger charge is 2.27. The van der Waals surface area contributed by atoms with E-state index in [1.807, 2.05) is 45.0 Å². The minimum atomic E-state index is -0.517. The van der Waals surface area contributed by atoms with Crippen LogP contribution in [0.15, 0.2) is 24.3 Å². The van der Waals surface area contributed by atoms with Gasteiger partial charge < -0.3 is 15.3 Å². The number of nitrogens with zero attached hydrogens (tertiary/aromatic N) is 1. The highest BCUT2D eigenvalue weighted by Crippen LogP contribution is 2.17. The molecule has 19 heavy (non-hydrogen) atoms. The zero-order valence-electron chi connectivity index (χ0n) is 12.2. The van der Waals surface area contributed by atoms with Gasteiger partial charge in [0.2, 0.25) is 0 Å². The van der Waals surface area contributed by atoms with Gasteiger partial charge in [0, 0.05) is 25.3 Å². The second kappa shape index (κ2) is 6.57. The van der Waals surface area contributed by atoms with Crippen LogP contribution in [0.3, 0.4) is 0 Å². The van der Waals surface area contributed by atoms with Gasteiger partial charge in [0.15, 0.2) is 0 Å². The van der Waals surface area contributed by atoms with Crippen molar-refractivity contribution >= 4 is 11.6 Å². The lowest BCUT2D eigenvalue weighted by Gasteiger charge is -2.30. The van der Waals surface area contributed by atoms with Crippen LogP contribution < -0.4 is 10.2 Å². The molecular weight excluding hydrogens is 240 g/mol. The topological polar surface area (TPSA) is 52.6 Å². The van der Waals surface area contributed by atoms with Crippen molar-refractivity contribution in [2.24, 2.45) is 0 Å². The van der Waals surface area contributed by atoms with Gasteiger partial charge in [0.25, 0.3) is 5.91 Å². The van der Waals surface area contributed by atoms with Crippen LogP contribution in [0.1, 0.15) is 37.0 Å². The van der Waals surface area contributed by atoms with E-state index in [1.54, 1.807) is 12.1 Å². The molecule has 4 nitrogen and oxygen atoms in total. The number of aliphatic hydroxyl groups excluding tert-OH is 1. The molecule has 1 amide bonds. The third-order valence-corrected chi connectivity index (χ3v) is 3.68. The van der Waals surface area contributed by atoms with Crippen LogP contribution in [-0.2, 0) is 0 Å². The number of carbonyl (C=O) groups excluding carboxylic acids is 1. The van der Waals surface area contributed by atoms with E-state index in [0.29, 0.717) is 18.4 Å². The van der Waals surface area contributed by atoms with E-state index < -0.39 is 5.54 Å². The summed E-state index contributed by atoms with van der Waals surface area (Å²) < 4.78 is 0. The Morgan fingerprint density at radius 3 is 2.11 bits per heavy atom. The molecule has 0 aliphatic heterocycles. The predicted octanol–water partition coefficient (Wildman–Crippen LogP) is 2.03. The summed E-state index contributed by atoms with van der Waals surface area (Å²) >= 11 is 0. The van der Waals surface area contributed by atoms with Gasteiger partial charge in [0.05, 0.1) is 12.1 Å². The van der Waals surface area contributed by atoms with Crippen molar-refractivity contribution < 1.29 is 9.90 Å². The van der Waals surface area contributed by atoms with Crippen molar-refractivity contribution in [2.45, 2.75) is 32.2 Å². The van der Waals surface area contributed by atoms with Crippen LogP contribution in [0.4, 0.5) is 5.69 Å². The van der Waals surface area contributed by atoms with Crippen LogP contribution in [0.2, 0.25) is 0 Å². The Morgan fingerprint density at radius 2 is 1.74 bits per heavy atom. The van der Waals surface area contributed by atoms with Gasteiger partial charge in [-0.15, -0.1) is 0 Å². The fourth-order valence-corrected chi connectivity index (χ4v) is 1.91. The van der Waals surface area contributed by atoms with E-state index in [0.717, 1.165) is 5.69 Å². The first-order chi connectivity index (χ1) is 8.98. The Bertz CT molecular complexity index is 400. The van der Waals surface area contributed by atoms with Gasteiger partial charge in [-0.2, -0.15) is 0 Å². The fourth-order valence-electron chi connectivity index (χ4n) is 1.91.